The van der Waals surface area contributed by atoms with E-state index in [1.807, 2.05) is 51.4 Å². The Kier molecular flexibility index (Phi) is 6.51. The summed E-state index contributed by atoms with van der Waals surface area (Å²) in [5.41, 5.74) is 2.51. The molecular weight excluding hydrogens is 420 g/mol. The summed E-state index contributed by atoms with van der Waals surface area (Å²) in [6.45, 7) is 3.42. The fourth-order valence-corrected chi connectivity index (χ4v) is 3.85. The van der Waals surface area contributed by atoms with Crippen molar-refractivity contribution >= 4 is 27.7 Å². The minimum absolute atomic E-state index is 0.0603. The first-order valence-corrected chi connectivity index (χ1v) is 10.9. The normalized spacial score (nSPS) is 11.4. The fraction of sp³-hybridized carbons (Fsp3) is 0.308. The standard InChI is InChI=1S/C26H28N2O5/c1-16-6-8-20-18(12-16)14-21(27-20)22(29)15-19-13-17-7-9-23(32-11-5-10-28(2)3)25(31-4)24(17)33-26(19)30/h6-9,12-14,27H,5,10-11,15H2,1-4H3. The number of hydrogen-bond donors (Lipinski definition) is 1. The number of fused-ring (bicyclic) bond motifs is 2. The van der Waals surface area contributed by atoms with Gasteiger partial charge in [0.15, 0.2) is 17.1 Å². The van der Waals surface area contributed by atoms with Crippen molar-refractivity contribution in [1.82, 2.24) is 9.88 Å². The molecule has 0 unspecified atom stereocenters. The first-order valence-electron chi connectivity index (χ1n) is 10.9. The van der Waals surface area contributed by atoms with Gasteiger partial charge >= 0.3 is 5.63 Å². The number of benzene rings is 2. The highest BCUT2D eigenvalue weighted by Crippen LogP contribution is 2.35. The molecule has 7 nitrogen and oxygen atoms in total. The van der Waals surface area contributed by atoms with Gasteiger partial charge in [-0.05, 0) is 63.8 Å². The third-order valence-corrected chi connectivity index (χ3v) is 5.53. The van der Waals surface area contributed by atoms with E-state index >= 15 is 0 Å². The monoisotopic (exact) mass is 448 g/mol. The minimum atomic E-state index is -0.564. The fourth-order valence-electron chi connectivity index (χ4n) is 3.85. The van der Waals surface area contributed by atoms with E-state index in [0.29, 0.717) is 40.3 Å². The van der Waals surface area contributed by atoms with Crippen molar-refractivity contribution in [3.63, 3.8) is 0 Å². The van der Waals surface area contributed by atoms with Crippen LogP contribution in [0.15, 0.2) is 51.7 Å². The highest BCUT2D eigenvalue weighted by atomic mass is 16.5. The number of aromatic amines is 1. The number of Topliss-reactive ketones (excluding diaryl/α,β-unsaturated/α-hetero) is 1. The maximum Gasteiger partial charge on any atom is 0.340 e. The Balaban J connectivity index is 1.58. The van der Waals surface area contributed by atoms with Gasteiger partial charge in [-0.3, -0.25) is 4.79 Å². The van der Waals surface area contributed by atoms with Gasteiger partial charge < -0.3 is 23.8 Å². The second kappa shape index (κ2) is 9.50. The Labute approximate surface area is 191 Å². The zero-order valence-corrected chi connectivity index (χ0v) is 19.4. The number of nitrogens with one attached hydrogen (secondary N) is 1. The smallest absolute Gasteiger partial charge is 0.340 e. The molecule has 1 N–H and O–H groups in total. The Hall–Kier alpha value is -3.58. The topological polar surface area (TPSA) is 84.8 Å². The molecule has 0 aliphatic heterocycles. The van der Waals surface area contributed by atoms with Crippen LogP contribution in [0.3, 0.4) is 0 Å². The van der Waals surface area contributed by atoms with Crippen LogP contribution in [0.5, 0.6) is 11.5 Å². The quantitative estimate of drug-likeness (QED) is 0.233. The van der Waals surface area contributed by atoms with E-state index in [4.69, 9.17) is 13.9 Å². The number of ketones is 1. The number of ether oxygens (including phenoxy) is 2. The molecule has 0 saturated carbocycles. The summed E-state index contributed by atoms with van der Waals surface area (Å²) in [5, 5.41) is 1.63. The SMILES string of the molecule is COc1c(OCCCN(C)C)ccc2cc(CC(=O)c3cc4cc(C)ccc4[nH]3)c(=O)oc12. The second-order valence-corrected chi connectivity index (χ2v) is 8.45. The largest absolute Gasteiger partial charge is 0.490 e. The third kappa shape index (κ3) is 4.93. The van der Waals surface area contributed by atoms with Crippen LogP contribution in [0.1, 0.15) is 28.0 Å². The van der Waals surface area contributed by atoms with Gasteiger partial charge in [0.05, 0.1) is 19.4 Å². The summed E-state index contributed by atoms with van der Waals surface area (Å²) < 4.78 is 16.9. The van der Waals surface area contributed by atoms with Gasteiger partial charge in [0.2, 0.25) is 5.75 Å². The Morgan fingerprint density at radius 2 is 1.91 bits per heavy atom. The van der Waals surface area contributed by atoms with Crippen molar-refractivity contribution in [2.75, 3.05) is 34.4 Å². The molecule has 33 heavy (non-hydrogen) atoms. The molecule has 0 saturated heterocycles. The van der Waals surface area contributed by atoms with Crippen LogP contribution in [-0.2, 0) is 6.42 Å². The number of nitrogens with zero attached hydrogens (tertiary/aromatic N) is 1. The summed E-state index contributed by atoms with van der Waals surface area (Å²) in [5.74, 6) is 0.714. The molecular formula is C26H28N2O5. The van der Waals surface area contributed by atoms with Crippen molar-refractivity contribution in [2.24, 2.45) is 0 Å². The van der Waals surface area contributed by atoms with Crippen LogP contribution in [0.4, 0.5) is 0 Å². The first kappa shape index (κ1) is 22.6. The van der Waals surface area contributed by atoms with Gasteiger partial charge in [-0.1, -0.05) is 11.6 Å². The second-order valence-electron chi connectivity index (χ2n) is 8.45. The van der Waals surface area contributed by atoms with Gasteiger partial charge in [-0.2, -0.15) is 0 Å². The van der Waals surface area contributed by atoms with Crippen LogP contribution in [-0.4, -0.2) is 50.0 Å². The number of carbonyl (C=O) groups excluding carboxylic acids is 1. The molecule has 0 amide bonds. The average molecular weight is 449 g/mol. The Bertz CT molecular complexity index is 1370. The van der Waals surface area contributed by atoms with Crippen LogP contribution in [0, 0.1) is 6.92 Å². The number of methoxy groups -OCH3 is 1. The zero-order valence-electron chi connectivity index (χ0n) is 19.4. The Morgan fingerprint density at radius 1 is 1.09 bits per heavy atom. The summed E-state index contributed by atoms with van der Waals surface area (Å²) in [4.78, 5) is 30.8. The van der Waals surface area contributed by atoms with Crippen molar-refractivity contribution in [3.8, 4) is 11.5 Å². The average Bonchev–Trinajstić information content (AvgIpc) is 3.20. The molecule has 2 aromatic carbocycles. The summed E-state index contributed by atoms with van der Waals surface area (Å²) in [6, 6.07) is 13.0. The van der Waals surface area contributed by atoms with Crippen molar-refractivity contribution < 1.29 is 18.7 Å². The molecule has 0 fully saturated rings. The molecule has 0 atom stereocenters. The van der Waals surface area contributed by atoms with Crippen molar-refractivity contribution in [1.29, 1.82) is 0 Å². The first-order chi connectivity index (χ1) is 15.9. The van der Waals surface area contributed by atoms with E-state index < -0.39 is 5.63 Å². The molecule has 7 heteroatoms. The molecule has 4 rings (SSSR count). The van der Waals surface area contributed by atoms with Crippen LogP contribution in [0.25, 0.3) is 21.9 Å². The molecule has 0 aliphatic carbocycles. The van der Waals surface area contributed by atoms with Gasteiger partial charge in [0, 0.05) is 34.8 Å². The van der Waals surface area contributed by atoms with Crippen molar-refractivity contribution in [2.45, 2.75) is 19.8 Å². The van der Waals surface area contributed by atoms with E-state index in [1.54, 1.807) is 12.1 Å². The predicted octanol–water partition coefficient (Wildman–Crippen LogP) is 4.35. The van der Waals surface area contributed by atoms with E-state index in [0.717, 1.165) is 29.4 Å². The maximum absolute atomic E-state index is 12.9. The van der Waals surface area contributed by atoms with E-state index in [1.165, 1.54) is 7.11 Å². The third-order valence-electron chi connectivity index (χ3n) is 5.53. The van der Waals surface area contributed by atoms with Gasteiger partial charge in [0.25, 0.3) is 0 Å². The highest BCUT2D eigenvalue weighted by Gasteiger charge is 2.18. The highest BCUT2D eigenvalue weighted by molar-refractivity contribution is 6.00. The van der Waals surface area contributed by atoms with E-state index in [9.17, 15) is 9.59 Å². The lowest BCUT2D eigenvalue weighted by atomic mass is 10.1. The molecule has 0 radical (unpaired) electrons. The summed E-state index contributed by atoms with van der Waals surface area (Å²) >= 11 is 0. The molecule has 2 heterocycles. The van der Waals surface area contributed by atoms with Crippen LogP contribution < -0.4 is 15.1 Å². The maximum atomic E-state index is 12.9. The molecule has 2 aromatic heterocycles. The molecule has 0 spiro atoms. The van der Waals surface area contributed by atoms with E-state index in [2.05, 4.69) is 9.88 Å². The number of aryl methyl sites for hydroxylation is 1. The lowest BCUT2D eigenvalue weighted by molar-refractivity contribution is 0.0988. The summed E-state index contributed by atoms with van der Waals surface area (Å²) in [6.07, 6.45) is 0.793. The predicted molar refractivity (Wildman–Crippen MR) is 129 cm³/mol. The van der Waals surface area contributed by atoms with Crippen LogP contribution >= 0.6 is 0 Å². The number of hydrogen-bond acceptors (Lipinski definition) is 6. The lowest BCUT2D eigenvalue weighted by Crippen LogP contribution is -2.15. The molecule has 172 valence electrons. The molecule has 4 aromatic rings. The van der Waals surface area contributed by atoms with Gasteiger partial charge in [0.1, 0.15) is 0 Å². The number of aromatic nitrogens is 1. The van der Waals surface area contributed by atoms with Gasteiger partial charge in [-0.25, -0.2) is 4.79 Å². The van der Waals surface area contributed by atoms with E-state index in [-0.39, 0.29) is 12.2 Å². The lowest BCUT2D eigenvalue weighted by Gasteiger charge is -2.14. The Morgan fingerprint density at radius 3 is 2.67 bits per heavy atom. The number of H-pyrrole nitrogens is 1. The zero-order chi connectivity index (χ0) is 23.5. The molecule has 0 bridgehead atoms. The minimum Gasteiger partial charge on any atom is -0.490 e. The number of rotatable bonds is 9. The van der Waals surface area contributed by atoms with Crippen LogP contribution in [0.2, 0.25) is 0 Å². The van der Waals surface area contributed by atoms with Gasteiger partial charge in [-0.15, -0.1) is 0 Å². The number of carbonyl (C=O) groups is 1. The summed E-state index contributed by atoms with van der Waals surface area (Å²) in [7, 11) is 5.52. The molecule has 0 aliphatic rings. The van der Waals surface area contributed by atoms with Crippen molar-refractivity contribution in [3.05, 3.63) is 69.7 Å².